The van der Waals surface area contributed by atoms with Gasteiger partial charge in [-0.2, -0.15) is 13.2 Å². The topological polar surface area (TPSA) is 74.2 Å². The number of alkyl halides is 3. The maximum Gasteiger partial charge on any atom is 0.416 e. The minimum atomic E-state index is -4.44. The molecule has 2 heterocycles. The molecular formula is C22H23F3N4O2. The fraction of sp³-hybridized carbons (Fsp3) is 0.364. The first-order chi connectivity index (χ1) is 14.4. The molecule has 0 saturated carbocycles. The molecule has 3 aromatic rings. The normalized spacial score (nSPS) is 19.5. The van der Waals surface area contributed by atoms with E-state index in [4.69, 9.17) is 5.41 Å². The highest BCUT2D eigenvalue weighted by Crippen LogP contribution is 2.42. The number of halogens is 3. The smallest absolute Gasteiger partial charge is 0.416 e. The van der Waals surface area contributed by atoms with E-state index in [-0.39, 0.29) is 29.7 Å². The van der Waals surface area contributed by atoms with E-state index in [1.165, 1.54) is 17.0 Å². The van der Waals surface area contributed by atoms with Gasteiger partial charge >= 0.3 is 12.3 Å². The number of nitrogens with one attached hydrogen (secondary N) is 1. The van der Waals surface area contributed by atoms with Crippen LogP contribution in [0.3, 0.4) is 0 Å². The number of fused-ring (bicyclic) bond motifs is 1. The number of imidazole rings is 1. The number of nitrogens with zero attached hydrogens (tertiary/aromatic N) is 3. The van der Waals surface area contributed by atoms with E-state index in [9.17, 15) is 23.1 Å². The molecule has 31 heavy (non-hydrogen) atoms. The summed E-state index contributed by atoms with van der Waals surface area (Å²) in [6, 6.07) is 11.4. The van der Waals surface area contributed by atoms with Crippen molar-refractivity contribution < 1.29 is 23.1 Å². The predicted octanol–water partition coefficient (Wildman–Crippen LogP) is 4.88. The predicted molar refractivity (Wildman–Crippen MR) is 109 cm³/mol. The van der Waals surface area contributed by atoms with Crippen molar-refractivity contribution in [2.45, 2.75) is 39.0 Å². The summed E-state index contributed by atoms with van der Waals surface area (Å²) in [4.78, 5) is 13.1. The van der Waals surface area contributed by atoms with Crippen LogP contribution in [0.15, 0.2) is 48.5 Å². The first-order valence-electron chi connectivity index (χ1n) is 9.85. The molecule has 2 N–H and O–H groups in total. The molecule has 2 atom stereocenters. The average molecular weight is 432 g/mol. The van der Waals surface area contributed by atoms with Gasteiger partial charge < -0.3 is 14.6 Å². The molecule has 1 amide bonds. The maximum atomic E-state index is 13.0. The number of para-hydroxylation sites is 2. The average Bonchev–Trinajstić information content (AvgIpc) is 2.91. The zero-order chi connectivity index (χ0) is 22.7. The van der Waals surface area contributed by atoms with E-state index in [2.05, 4.69) is 0 Å². The fourth-order valence-corrected chi connectivity index (χ4v) is 4.54. The molecule has 1 fully saturated rings. The second-order valence-electron chi connectivity index (χ2n) is 8.88. The standard InChI is InChI=1S/C22H23F3N4O2/c1-21(2,3)18-17(12-27(18)20(30)31)29-16-7-5-4-6-15(16)28(19(29)26)14-10-8-13(9-11-14)22(23,24)25/h4-11,17-18,26H,12H2,1-3H3,(H,30,31). The Morgan fingerprint density at radius 2 is 1.61 bits per heavy atom. The number of hydrogen-bond donors (Lipinski definition) is 2. The maximum absolute atomic E-state index is 13.0. The number of likely N-dealkylation sites (tertiary alicyclic amines) is 1. The summed E-state index contributed by atoms with van der Waals surface area (Å²) in [7, 11) is 0. The van der Waals surface area contributed by atoms with Crippen molar-refractivity contribution in [1.29, 1.82) is 5.41 Å². The van der Waals surface area contributed by atoms with Crippen LogP contribution in [0.25, 0.3) is 16.7 Å². The molecule has 1 saturated heterocycles. The SMILES string of the molecule is CC(C)(C)C1C(n2c(=N)n(-c3ccc(C(F)(F)F)cc3)c3ccccc32)CN1C(=O)O. The number of carboxylic acid groups (broad SMARTS) is 1. The second kappa shape index (κ2) is 6.90. The zero-order valence-electron chi connectivity index (χ0n) is 17.3. The Morgan fingerprint density at radius 3 is 2.13 bits per heavy atom. The minimum absolute atomic E-state index is 0.0882. The van der Waals surface area contributed by atoms with Crippen molar-refractivity contribution in [1.82, 2.24) is 14.0 Å². The molecule has 1 aromatic heterocycles. The molecule has 4 rings (SSSR count). The summed E-state index contributed by atoms with van der Waals surface area (Å²) in [5, 5.41) is 18.4. The highest BCUT2D eigenvalue weighted by Gasteiger charge is 2.50. The Hall–Kier alpha value is -3.23. The molecule has 9 heteroatoms. The van der Waals surface area contributed by atoms with Crippen LogP contribution in [0.5, 0.6) is 0 Å². The fourth-order valence-electron chi connectivity index (χ4n) is 4.54. The highest BCUT2D eigenvalue weighted by molar-refractivity contribution is 5.78. The Morgan fingerprint density at radius 1 is 1.03 bits per heavy atom. The van der Waals surface area contributed by atoms with Crippen LogP contribution in [0.1, 0.15) is 32.4 Å². The monoisotopic (exact) mass is 432 g/mol. The molecule has 0 radical (unpaired) electrons. The lowest BCUT2D eigenvalue weighted by atomic mass is 9.76. The number of carbonyl (C=O) groups is 1. The van der Waals surface area contributed by atoms with Gasteiger partial charge in [0.05, 0.1) is 28.7 Å². The van der Waals surface area contributed by atoms with Crippen LogP contribution in [-0.4, -0.2) is 37.8 Å². The van der Waals surface area contributed by atoms with Crippen molar-refractivity contribution in [3.63, 3.8) is 0 Å². The molecule has 1 aliphatic rings. The Labute approximate surface area is 176 Å². The second-order valence-corrected chi connectivity index (χ2v) is 8.88. The molecule has 0 aliphatic carbocycles. The van der Waals surface area contributed by atoms with Crippen LogP contribution >= 0.6 is 0 Å². The molecule has 2 aromatic carbocycles. The van der Waals surface area contributed by atoms with Gasteiger partial charge in [-0.15, -0.1) is 0 Å². The van der Waals surface area contributed by atoms with Gasteiger partial charge in [0.25, 0.3) is 0 Å². The molecular weight excluding hydrogens is 409 g/mol. The van der Waals surface area contributed by atoms with Crippen LogP contribution in [0, 0.1) is 10.8 Å². The van der Waals surface area contributed by atoms with E-state index < -0.39 is 17.8 Å². The summed E-state index contributed by atoms with van der Waals surface area (Å²) in [5.41, 5.74) is 0.819. The molecule has 164 valence electrons. The van der Waals surface area contributed by atoms with Gasteiger partial charge in [-0.05, 0) is 41.8 Å². The van der Waals surface area contributed by atoms with Crippen molar-refractivity contribution in [2.75, 3.05) is 6.54 Å². The third kappa shape index (κ3) is 3.37. The van der Waals surface area contributed by atoms with E-state index >= 15 is 0 Å². The van der Waals surface area contributed by atoms with E-state index in [0.29, 0.717) is 11.2 Å². The van der Waals surface area contributed by atoms with Crippen molar-refractivity contribution in [2.24, 2.45) is 5.41 Å². The first kappa shape index (κ1) is 21.0. The first-order valence-corrected chi connectivity index (χ1v) is 9.85. The van der Waals surface area contributed by atoms with Gasteiger partial charge in [0, 0.05) is 12.2 Å². The van der Waals surface area contributed by atoms with Gasteiger partial charge in [-0.3, -0.25) is 9.98 Å². The lowest BCUT2D eigenvalue weighted by Crippen LogP contribution is -2.64. The third-order valence-corrected chi connectivity index (χ3v) is 5.82. The number of benzene rings is 2. The van der Waals surface area contributed by atoms with E-state index in [0.717, 1.165) is 17.6 Å². The van der Waals surface area contributed by atoms with Crippen LogP contribution in [0.2, 0.25) is 0 Å². The van der Waals surface area contributed by atoms with E-state index in [1.54, 1.807) is 21.3 Å². The van der Waals surface area contributed by atoms with Crippen LogP contribution in [-0.2, 0) is 6.18 Å². The Balaban J connectivity index is 1.87. The lowest BCUT2D eigenvalue weighted by Gasteiger charge is -2.53. The van der Waals surface area contributed by atoms with Gasteiger partial charge in [-0.25, -0.2) is 4.79 Å². The number of hydrogen-bond acceptors (Lipinski definition) is 2. The summed E-state index contributed by atoms with van der Waals surface area (Å²) in [6.45, 7) is 6.12. The summed E-state index contributed by atoms with van der Waals surface area (Å²) >= 11 is 0. The largest absolute Gasteiger partial charge is 0.465 e. The van der Waals surface area contributed by atoms with Crippen molar-refractivity contribution in [3.05, 3.63) is 59.7 Å². The summed E-state index contributed by atoms with van der Waals surface area (Å²) in [5.74, 6) is 0. The van der Waals surface area contributed by atoms with E-state index in [1.807, 2.05) is 32.9 Å². The van der Waals surface area contributed by atoms with Crippen molar-refractivity contribution >= 4 is 17.1 Å². The quantitative estimate of drug-likeness (QED) is 0.606. The number of amides is 1. The highest BCUT2D eigenvalue weighted by atomic mass is 19.4. The molecule has 0 bridgehead atoms. The number of rotatable bonds is 2. The zero-order valence-corrected chi connectivity index (χ0v) is 17.3. The Kier molecular flexibility index (Phi) is 4.68. The van der Waals surface area contributed by atoms with Gasteiger partial charge in [0.2, 0.25) is 5.62 Å². The molecule has 0 spiro atoms. The summed E-state index contributed by atoms with van der Waals surface area (Å²) < 4.78 is 42.3. The van der Waals surface area contributed by atoms with Gasteiger partial charge in [0.1, 0.15) is 0 Å². The van der Waals surface area contributed by atoms with Gasteiger partial charge in [-0.1, -0.05) is 32.9 Å². The van der Waals surface area contributed by atoms with Gasteiger partial charge in [0.15, 0.2) is 0 Å². The molecule has 6 nitrogen and oxygen atoms in total. The number of aromatic nitrogens is 2. The van der Waals surface area contributed by atoms with Crippen molar-refractivity contribution in [3.8, 4) is 5.69 Å². The van der Waals surface area contributed by atoms with Crippen LogP contribution < -0.4 is 5.62 Å². The van der Waals surface area contributed by atoms with Crippen LogP contribution in [0.4, 0.5) is 18.0 Å². The minimum Gasteiger partial charge on any atom is -0.465 e. The molecule has 1 aliphatic heterocycles. The summed E-state index contributed by atoms with van der Waals surface area (Å²) in [6.07, 6.45) is -5.44. The Bertz CT molecular complexity index is 1200. The molecule has 2 unspecified atom stereocenters. The lowest BCUT2D eigenvalue weighted by molar-refractivity contribution is -0.137. The third-order valence-electron chi connectivity index (χ3n) is 5.82.